The Hall–Kier alpha value is -2.76. The molecule has 0 saturated heterocycles. The quantitative estimate of drug-likeness (QED) is 0.811. The highest BCUT2D eigenvalue weighted by Gasteiger charge is 2.34. The summed E-state index contributed by atoms with van der Waals surface area (Å²) in [6, 6.07) is 5.39. The highest BCUT2D eigenvalue weighted by molar-refractivity contribution is 5.88. The van der Waals surface area contributed by atoms with E-state index in [1.54, 1.807) is 0 Å². The first-order chi connectivity index (χ1) is 13.1. The third-order valence-electron chi connectivity index (χ3n) is 5.55. The van der Waals surface area contributed by atoms with Crippen LogP contribution < -0.4 is 14.9 Å². The van der Waals surface area contributed by atoms with Crippen molar-refractivity contribution in [1.82, 2.24) is 4.57 Å². The molecule has 0 amide bonds. The molecule has 28 heavy (non-hydrogen) atoms. The monoisotopic (exact) mass is 383 g/mol. The Bertz CT molecular complexity index is 1010. The van der Waals surface area contributed by atoms with Crippen molar-refractivity contribution in [2.75, 3.05) is 13.2 Å². The lowest BCUT2D eigenvalue weighted by molar-refractivity contribution is 0.0693. The minimum absolute atomic E-state index is 0.0115. The molecule has 1 aromatic heterocycles. The second-order valence-electron chi connectivity index (χ2n) is 8.92. The third-order valence-corrected chi connectivity index (χ3v) is 5.55. The number of carbonyl (C=O) groups is 1. The molecule has 0 saturated carbocycles. The van der Waals surface area contributed by atoms with Crippen molar-refractivity contribution < 1.29 is 19.4 Å². The maximum Gasteiger partial charge on any atom is 0.341 e. The zero-order chi connectivity index (χ0) is 20.2. The summed E-state index contributed by atoms with van der Waals surface area (Å²) in [5, 5.41) is 9.42. The smallest absolute Gasteiger partial charge is 0.341 e. The summed E-state index contributed by atoms with van der Waals surface area (Å²) < 4.78 is 13.8. The molecule has 2 atom stereocenters. The zero-order valence-corrected chi connectivity index (χ0v) is 16.6. The van der Waals surface area contributed by atoms with Crippen LogP contribution in [0, 0.1) is 11.3 Å². The number of aromatic carboxylic acids is 1. The van der Waals surface area contributed by atoms with Gasteiger partial charge in [0.1, 0.15) is 5.56 Å². The number of hydrogen-bond acceptors (Lipinski definition) is 4. The number of hydrogen-bond donors (Lipinski definition) is 1. The van der Waals surface area contributed by atoms with E-state index in [-0.39, 0.29) is 17.0 Å². The van der Waals surface area contributed by atoms with Gasteiger partial charge in [-0.3, -0.25) is 4.79 Å². The summed E-state index contributed by atoms with van der Waals surface area (Å²) in [5.74, 6) is 0.485. The Morgan fingerprint density at radius 3 is 2.39 bits per heavy atom. The number of carboxylic acid groups (broad SMARTS) is 1. The average Bonchev–Trinajstić information content (AvgIpc) is 2.79. The predicted octanol–water partition coefficient (Wildman–Crippen LogP) is 3.76. The topological polar surface area (TPSA) is 77.8 Å². The van der Waals surface area contributed by atoms with Crippen LogP contribution in [0.1, 0.15) is 49.7 Å². The molecule has 0 aliphatic carbocycles. The van der Waals surface area contributed by atoms with Crippen LogP contribution >= 0.6 is 0 Å². The fourth-order valence-electron chi connectivity index (χ4n) is 3.96. The molecule has 0 fully saturated rings. The van der Waals surface area contributed by atoms with Crippen LogP contribution in [-0.2, 0) is 6.42 Å². The van der Waals surface area contributed by atoms with Crippen LogP contribution in [0.2, 0.25) is 0 Å². The van der Waals surface area contributed by atoms with Gasteiger partial charge in [-0.2, -0.15) is 0 Å². The lowest BCUT2D eigenvalue weighted by Gasteiger charge is -2.39. The van der Waals surface area contributed by atoms with Crippen LogP contribution in [0.3, 0.4) is 0 Å². The van der Waals surface area contributed by atoms with Gasteiger partial charge in [-0.05, 0) is 29.5 Å². The summed E-state index contributed by atoms with van der Waals surface area (Å²) in [7, 11) is 0. The molecule has 3 heterocycles. The van der Waals surface area contributed by atoms with Gasteiger partial charge in [0.15, 0.2) is 16.9 Å². The van der Waals surface area contributed by atoms with Crippen molar-refractivity contribution in [2.24, 2.45) is 11.3 Å². The molecular formula is C22H25NO5. The molecule has 1 aromatic carbocycles. The highest BCUT2D eigenvalue weighted by atomic mass is 16.5. The van der Waals surface area contributed by atoms with E-state index in [1.165, 1.54) is 12.3 Å². The van der Waals surface area contributed by atoms with Gasteiger partial charge in [-0.1, -0.05) is 27.7 Å². The summed E-state index contributed by atoms with van der Waals surface area (Å²) in [5.41, 5.74) is 1.88. The predicted molar refractivity (Wildman–Crippen MR) is 105 cm³/mol. The fourth-order valence-corrected chi connectivity index (χ4v) is 3.96. The Morgan fingerprint density at radius 2 is 1.79 bits per heavy atom. The summed E-state index contributed by atoms with van der Waals surface area (Å²) >= 11 is 0. The van der Waals surface area contributed by atoms with Crippen molar-refractivity contribution in [1.29, 1.82) is 0 Å². The second kappa shape index (κ2) is 6.40. The van der Waals surface area contributed by atoms with E-state index in [1.807, 2.05) is 16.7 Å². The summed E-state index contributed by atoms with van der Waals surface area (Å²) in [4.78, 5) is 24.0. The van der Waals surface area contributed by atoms with Gasteiger partial charge >= 0.3 is 5.97 Å². The molecule has 2 aliphatic rings. The molecule has 6 heteroatoms. The van der Waals surface area contributed by atoms with Crippen molar-refractivity contribution in [3.63, 3.8) is 0 Å². The second-order valence-corrected chi connectivity index (χ2v) is 8.92. The summed E-state index contributed by atoms with van der Waals surface area (Å²) in [6.45, 7) is 9.61. The SMILES string of the molecule is CC1COc2cc3c(cc2OC1)-c1cc(=O)c(C(=O)O)cn1C(C(C)(C)C)C3. The minimum Gasteiger partial charge on any atom is -0.489 e. The van der Waals surface area contributed by atoms with Crippen molar-refractivity contribution >= 4 is 5.97 Å². The van der Waals surface area contributed by atoms with Gasteiger partial charge in [-0.15, -0.1) is 0 Å². The van der Waals surface area contributed by atoms with Crippen molar-refractivity contribution in [3.05, 3.63) is 45.7 Å². The Kier molecular flexibility index (Phi) is 4.25. The molecule has 2 aromatic rings. The van der Waals surface area contributed by atoms with E-state index in [0.29, 0.717) is 24.9 Å². The molecule has 1 N–H and O–H groups in total. The van der Waals surface area contributed by atoms with Gasteiger partial charge in [0.2, 0.25) is 0 Å². The average molecular weight is 383 g/mol. The van der Waals surface area contributed by atoms with E-state index in [4.69, 9.17) is 9.47 Å². The first-order valence-electron chi connectivity index (χ1n) is 9.57. The Morgan fingerprint density at radius 1 is 1.14 bits per heavy atom. The molecular weight excluding hydrogens is 358 g/mol. The van der Waals surface area contributed by atoms with Crippen LogP contribution in [0.15, 0.2) is 29.2 Å². The zero-order valence-electron chi connectivity index (χ0n) is 16.6. The van der Waals surface area contributed by atoms with E-state index in [0.717, 1.165) is 29.0 Å². The Balaban J connectivity index is 1.94. The summed E-state index contributed by atoms with van der Waals surface area (Å²) in [6.07, 6.45) is 2.21. The highest BCUT2D eigenvalue weighted by Crippen LogP contribution is 2.46. The minimum atomic E-state index is -1.20. The number of aromatic nitrogens is 1. The van der Waals surface area contributed by atoms with E-state index in [2.05, 4.69) is 27.7 Å². The number of pyridine rings is 1. The molecule has 0 radical (unpaired) electrons. The van der Waals surface area contributed by atoms with Crippen LogP contribution in [0.25, 0.3) is 11.3 Å². The normalized spacial score (nSPS) is 20.7. The van der Waals surface area contributed by atoms with Gasteiger partial charge in [0, 0.05) is 29.8 Å². The number of carboxylic acids is 1. The number of benzene rings is 1. The third kappa shape index (κ3) is 3.07. The van der Waals surface area contributed by atoms with Gasteiger partial charge in [0.25, 0.3) is 0 Å². The first kappa shape index (κ1) is 18.6. The van der Waals surface area contributed by atoms with Gasteiger partial charge < -0.3 is 19.1 Å². The van der Waals surface area contributed by atoms with Crippen molar-refractivity contribution in [2.45, 2.75) is 40.2 Å². The van der Waals surface area contributed by atoms with Gasteiger partial charge in [0.05, 0.1) is 18.9 Å². The molecule has 148 valence electrons. The van der Waals surface area contributed by atoms with Crippen LogP contribution in [-0.4, -0.2) is 28.9 Å². The Labute approximate surface area is 163 Å². The molecule has 0 spiro atoms. The molecule has 6 nitrogen and oxygen atoms in total. The molecule has 0 bridgehead atoms. The van der Waals surface area contributed by atoms with E-state index < -0.39 is 11.4 Å². The van der Waals surface area contributed by atoms with Crippen LogP contribution in [0.4, 0.5) is 0 Å². The number of nitrogens with zero attached hydrogens (tertiary/aromatic N) is 1. The largest absolute Gasteiger partial charge is 0.489 e. The van der Waals surface area contributed by atoms with Crippen LogP contribution in [0.5, 0.6) is 11.5 Å². The number of fused-ring (bicyclic) bond motifs is 4. The molecule has 2 unspecified atom stereocenters. The maximum atomic E-state index is 12.4. The first-order valence-corrected chi connectivity index (χ1v) is 9.57. The standard InChI is InChI=1S/C22H25NO5/c1-12-10-27-18-5-13-6-20(22(2,3)4)23-9-15(21(25)26)17(24)8-16(23)14(13)7-19(18)28-11-12/h5,7-9,12,20H,6,10-11H2,1-4H3,(H,25,26). The number of ether oxygens (including phenoxy) is 2. The molecule has 2 aliphatic heterocycles. The van der Waals surface area contributed by atoms with Gasteiger partial charge in [-0.25, -0.2) is 4.79 Å². The van der Waals surface area contributed by atoms with E-state index >= 15 is 0 Å². The lowest BCUT2D eigenvalue weighted by atomic mass is 9.78. The fraction of sp³-hybridized carbons (Fsp3) is 0.455. The van der Waals surface area contributed by atoms with E-state index in [9.17, 15) is 14.7 Å². The number of rotatable bonds is 1. The van der Waals surface area contributed by atoms with Crippen molar-refractivity contribution in [3.8, 4) is 22.8 Å². The maximum absolute atomic E-state index is 12.4. The lowest BCUT2D eigenvalue weighted by Crippen LogP contribution is -2.32. The molecule has 4 rings (SSSR count).